The topological polar surface area (TPSA) is 67.4 Å². The van der Waals surface area contributed by atoms with Crippen LogP contribution < -0.4 is 10.6 Å². The number of ether oxygens (including phenoxy) is 1. The smallest absolute Gasteiger partial charge is 0.408 e. The fourth-order valence-electron chi connectivity index (χ4n) is 2.92. The van der Waals surface area contributed by atoms with Gasteiger partial charge in [-0.05, 0) is 37.0 Å². The second kappa shape index (κ2) is 7.71. The molecule has 0 unspecified atom stereocenters. The van der Waals surface area contributed by atoms with E-state index in [1.807, 2.05) is 10.6 Å². The summed E-state index contributed by atoms with van der Waals surface area (Å²) in [6.45, 7) is 0. The van der Waals surface area contributed by atoms with E-state index >= 15 is 0 Å². The van der Waals surface area contributed by atoms with Crippen molar-refractivity contribution in [1.29, 1.82) is 0 Å². The van der Waals surface area contributed by atoms with E-state index < -0.39 is 41.6 Å². The lowest BCUT2D eigenvalue weighted by Crippen LogP contribution is -2.50. The third-order valence-corrected chi connectivity index (χ3v) is 4.15. The molecule has 2 N–H and O–H groups in total. The number of urea groups is 1. The fourth-order valence-corrected chi connectivity index (χ4v) is 2.92. The van der Waals surface area contributed by atoms with Crippen LogP contribution in [0.5, 0.6) is 0 Å². The normalized spacial score (nSPS) is 16.4. The van der Waals surface area contributed by atoms with Gasteiger partial charge in [0.05, 0.1) is 18.4 Å². The van der Waals surface area contributed by atoms with Gasteiger partial charge in [0.2, 0.25) is 0 Å². The maximum atomic E-state index is 13.8. The fraction of sp³-hybridized carbons (Fsp3) is 0.500. The Morgan fingerprint density at radius 1 is 1.24 bits per heavy atom. The Labute approximate surface area is 141 Å². The summed E-state index contributed by atoms with van der Waals surface area (Å²) in [7, 11) is 1.13. The van der Waals surface area contributed by atoms with E-state index in [-0.39, 0.29) is 5.56 Å². The largest absolute Gasteiger partial charge is 0.465 e. The zero-order chi connectivity index (χ0) is 18.6. The molecule has 2 rings (SSSR count). The summed E-state index contributed by atoms with van der Waals surface area (Å²) < 4.78 is 57.8. The number of rotatable bonds is 4. The summed E-state index contributed by atoms with van der Waals surface area (Å²) in [4.78, 5) is 23.3. The van der Waals surface area contributed by atoms with Gasteiger partial charge in [0.1, 0.15) is 11.9 Å². The Morgan fingerprint density at radius 2 is 1.88 bits per heavy atom. The predicted molar refractivity (Wildman–Crippen MR) is 81.7 cm³/mol. The number of hydrogen-bond donors (Lipinski definition) is 2. The first-order valence-corrected chi connectivity index (χ1v) is 7.74. The molecule has 9 heteroatoms. The van der Waals surface area contributed by atoms with Gasteiger partial charge in [-0.2, -0.15) is 13.2 Å². The predicted octanol–water partition coefficient (Wildman–Crippen LogP) is 3.85. The average Bonchev–Trinajstić information content (AvgIpc) is 3.06. The first-order valence-electron chi connectivity index (χ1n) is 7.74. The van der Waals surface area contributed by atoms with Crippen molar-refractivity contribution in [1.82, 2.24) is 5.32 Å². The van der Waals surface area contributed by atoms with Gasteiger partial charge in [0.15, 0.2) is 0 Å². The number of anilines is 1. The van der Waals surface area contributed by atoms with Crippen LogP contribution >= 0.6 is 0 Å². The van der Waals surface area contributed by atoms with Crippen molar-refractivity contribution in [3.05, 3.63) is 29.6 Å². The van der Waals surface area contributed by atoms with Crippen molar-refractivity contribution in [2.24, 2.45) is 5.92 Å². The Bertz CT molecular complexity index is 643. The van der Waals surface area contributed by atoms with Crippen LogP contribution in [0.25, 0.3) is 0 Å². The minimum absolute atomic E-state index is 0.0395. The number of hydrogen-bond acceptors (Lipinski definition) is 3. The molecule has 1 aromatic carbocycles. The van der Waals surface area contributed by atoms with Crippen LogP contribution in [0.1, 0.15) is 36.0 Å². The number of alkyl halides is 3. The lowest BCUT2D eigenvalue weighted by atomic mass is 9.98. The van der Waals surface area contributed by atoms with Crippen molar-refractivity contribution < 1.29 is 31.9 Å². The van der Waals surface area contributed by atoms with E-state index in [9.17, 15) is 27.2 Å². The molecule has 138 valence electrons. The molecule has 1 aromatic rings. The molecular weight excluding hydrogens is 344 g/mol. The van der Waals surface area contributed by atoms with Crippen LogP contribution in [0.3, 0.4) is 0 Å². The third-order valence-electron chi connectivity index (χ3n) is 4.15. The third kappa shape index (κ3) is 4.83. The van der Waals surface area contributed by atoms with Crippen LogP contribution in [0, 0.1) is 11.7 Å². The van der Waals surface area contributed by atoms with Crippen molar-refractivity contribution >= 4 is 17.7 Å². The van der Waals surface area contributed by atoms with Crippen molar-refractivity contribution in [3.8, 4) is 0 Å². The van der Waals surface area contributed by atoms with Gasteiger partial charge in [0, 0.05) is 0 Å². The summed E-state index contributed by atoms with van der Waals surface area (Å²) in [6.07, 6.45) is -2.50. The van der Waals surface area contributed by atoms with Gasteiger partial charge >= 0.3 is 18.2 Å². The van der Waals surface area contributed by atoms with Crippen molar-refractivity contribution in [2.45, 2.75) is 37.9 Å². The molecule has 1 aliphatic carbocycles. The molecule has 25 heavy (non-hydrogen) atoms. The van der Waals surface area contributed by atoms with E-state index in [1.165, 1.54) is 0 Å². The van der Waals surface area contributed by atoms with E-state index in [0.717, 1.165) is 25.3 Å². The zero-order valence-corrected chi connectivity index (χ0v) is 13.5. The Morgan fingerprint density at radius 3 is 2.44 bits per heavy atom. The monoisotopic (exact) mass is 362 g/mol. The highest BCUT2D eigenvalue weighted by Crippen LogP contribution is 2.35. The van der Waals surface area contributed by atoms with Gasteiger partial charge in [-0.15, -0.1) is 0 Å². The highest BCUT2D eigenvalue weighted by atomic mass is 19.4. The molecule has 0 radical (unpaired) electrons. The number of halogens is 4. The summed E-state index contributed by atoms with van der Waals surface area (Å²) in [5.41, 5.74) is -0.449. The van der Waals surface area contributed by atoms with Crippen LogP contribution in [0.2, 0.25) is 0 Å². The number of carbonyl (C=O) groups is 2. The number of amides is 2. The summed E-state index contributed by atoms with van der Waals surface area (Å²) in [6, 6.07) is -0.128. The maximum absolute atomic E-state index is 13.8. The van der Waals surface area contributed by atoms with Crippen LogP contribution in [0.4, 0.5) is 28.0 Å². The van der Waals surface area contributed by atoms with Crippen LogP contribution in [0.15, 0.2) is 18.2 Å². The quantitative estimate of drug-likeness (QED) is 0.631. The Hall–Kier alpha value is -2.32. The Kier molecular flexibility index (Phi) is 5.86. The Balaban J connectivity index is 2.11. The number of methoxy groups -OCH3 is 1. The first-order chi connectivity index (χ1) is 11.7. The molecule has 1 saturated carbocycles. The average molecular weight is 362 g/mol. The van der Waals surface area contributed by atoms with E-state index in [0.29, 0.717) is 25.7 Å². The van der Waals surface area contributed by atoms with E-state index in [1.54, 1.807) is 0 Å². The summed E-state index contributed by atoms with van der Waals surface area (Å²) in [5, 5.41) is 3.90. The number of benzene rings is 1. The van der Waals surface area contributed by atoms with Gasteiger partial charge in [-0.1, -0.05) is 12.8 Å². The highest BCUT2D eigenvalue weighted by Gasteiger charge is 2.46. The van der Waals surface area contributed by atoms with Crippen LogP contribution in [-0.4, -0.2) is 31.3 Å². The number of esters is 1. The molecule has 5 nitrogen and oxygen atoms in total. The van der Waals surface area contributed by atoms with Crippen LogP contribution in [-0.2, 0) is 4.74 Å². The minimum Gasteiger partial charge on any atom is -0.465 e. The van der Waals surface area contributed by atoms with Gasteiger partial charge < -0.3 is 15.4 Å². The standard InChI is InChI=1S/C16H18F4N2O3/c1-25-14(23)10-6-7-11(17)12(8-10)21-15(24)22-13(16(18,19)20)9-4-2-3-5-9/h6-9,13H,2-5H2,1H3,(H2,21,22,24)/t13-/m0/s1. The second-order valence-corrected chi connectivity index (χ2v) is 5.85. The van der Waals surface area contributed by atoms with E-state index in [4.69, 9.17) is 0 Å². The summed E-state index contributed by atoms with van der Waals surface area (Å²) >= 11 is 0. The molecule has 0 saturated heterocycles. The SMILES string of the molecule is COC(=O)c1ccc(F)c(NC(=O)N[C@@H](C2CCCC2)C(F)(F)F)c1. The molecule has 1 fully saturated rings. The minimum atomic E-state index is -4.60. The zero-order valence-electron chi connectivity index (χ0n) is 13.5. The molecule has 0 heterocycles. The van der Waals surface area contributed by atoms with Gasteiger partial charge in [-0.3, -0.25) is 0 Å². The highest BCUT2D eigenvalue weighted by molar-refractivity contribution is 5.94. The van der Waals surface area contributed by atoms with Gasteiger partial charge in [0.25, 0.3) is 0 Å². The molecule has 0 aromatic heterocycles. The first kappa shape index (κ1) is 19.0. The molecular formula is C16H18F4N2O3. The maximum Gasteiger partial charge on any atom is 0.408 e. The van der Waals surface area contributed by atoms with Crippen molar-refractivity contribution in [3.63, 3.8) is 0 Å². The second-order valence-electron chi connectivity index (χ2n) is 5.85. The molecule has 0 aliphatic heterocycles. The molecule has 1 atom stereocenters. The van der Waals surface area contributed by atoms with Crippen molar-refractivity contribution in [2.75, 3.05) is 12.4 Å². The number of carbonyl (C=O) groups excluding carboxylic acids is 2. The molecule has 1 aliphatic rings. The molecule has 0 spiro atoms. The lowest BCUT2D eigenvalue weighted by molar-refractivity contribution is -0.164. The van der Waals surface area contributed by atoms with E-state index in [2.05, 4.69) is 4.74 Å². The summed E-state index contributed by atoms with van der Waals surface area (Å²) in [5.74, 6) is -2.34. The lowest BCUT2D eigenvalue weighted by Gasteiger charge is -2.27. The van der Waals surface area contributed by atoms with Gasteiger partial charge in [-0.25, -0.2) is 14.0 Å². The molecule has 2 amide bonds. The molecule has 0 bridgehead atoms. The number of nitrogens with one attached hydrogen (secondary N) is 2.